The summed E-state index contributed by atoms with van der Waals surface area (Å²) in [5.74, 6) is -0.254. The van der Waals surface area contributed by atoms with Gasteiger partial charge >= 0.3 is 6.36 Å². The zero-order valence-corrected chi connectivity index (χ0v) is 10.6. The number of benzene rings is 1. The Balaban J connectivity index is 2.44. The summed E-state index contributed by atoms with van der Waals surface area (Å²) in [6.45, 7) is 0.205. The molecule has 0 atom stereocenters. The maximum absolute atomic E-state index is 12.2. The van der Waals surface area contributed by atoms with E-state index in [0.717, 1.165) is 0 Å². The third-order valence-electron chi connectivity index (χ3n) is 2.29. The van der Waals surface area contributed by atoms with Crippen molar-refractivity contribution in [1.29, 1.82) is 0 Å². The van der Waals surface area contributed by atoms with Gasteiger partial charge in [-0.05, 0) is 25.0 Å². The Morgan fingerprint density at radius 2 is 1.85 bits per heavy atom. The number of ether oxygens (including phenoxy) is 2. The minimum atomic E-state index is -4.76. The maximum Gasteiger partial charge on any atom is 0.573 e. The van der Waals surface area contributed by atoms with Crippen molar-refractivity contribution in [2.75, 3.05) is 6.61 Å². The summed E-state index contributed by atoms with van der Waals surface area (Å²) >= 11 is 0. The van der Waals surface area contributed by atoms with Crippen molar-refractivity contribution in [2.24, 2.45) is 10.9 Å². The van der Waals surface area contributed by atoms with E-state index in [2.05, 4.69) is 9.89 Å². The van der Waals surface area contributed by atoms with Crippen LogP contribution in [-0.4, -0.2) is 24.0 Å². The van der Waals surface area contributed by atoms with Gasteiger partial charge in [-0.15, -0.1) is 13.2 Å². The second-order valence-corrected chi connectivity index (χ2v) is 3.89. The van der Waals surface area contributed by atoms with Gasteiger partial charge in [0, 0.05) is 6.42 Å². The van der Waals surface area contributed by atoms with Gasteiger partial charge in [0.2, 0.25) is 0 Å². The van der Waals surface area contributed by atoms with Gasteiger partial charge in [-0.1, -0.05) is 17.3 Å². The number of nitrogens with two attached hydrogens (primary N) is 1. The van der Waals surface area contributed by atoms with E-state index in [0.29, 0.717) is 19.3 Å². The summed E-state index contributed by atoms with van der Waals surface area (Å²) in [4.78, 5) is 0. The molecule has 0 radical (unpaired) electrons. The smallest absolute Gasteiger partial charge is 0.490 e. The molecule has 0 heterocycles. The van der Waals surface area contributed by atoms with Crippen LogP contribution in [0, 0.1) is 0 Å². The van der Waals surface area contributed by atoms with Gasteiger partial charge in [-0.2, -0.15) is 0 Å². The lowest BCUT2D eigenvalue weighted by Gasteiger charge is -2.13. The molecule has 3 N–H and O–H groups in total. The van der Waals surface area contributed by atoms with Gasteiger partial charge in [0.05, 0.1) is 6.61 Å². The van der Waals surface area contributed by atoms with Crippen LogP contribution in [0.5, 0.6) is 11.5 Å². The predicted molar refractivity (Wildman–Crippen MR) is 65.9 cm³/mol. The standard InChI is InChI=1S/C12H15F3N2O3/c13-12(14,15)20-10-6-2-1-5-9(10)19-8-4-3-7-11(16)17-18/h1-2,5-6,18H,3-4,7-8H2,(H2,16,17). The molecule has 0 unspecified atom stereocenters. The molecular weight excluding hydrogens is 277 g/mol. The minimum absolute atomic E-state index is 0.0219. The molecule has 20 heavy (non-hydrogen) atoms. The largest absolute Gasteiger partial charge is 0.573 e. The fourth-order valence-electron chi connectivity index (χ4n) is 1.42. The van der Waals surface area contributed by atoms with Crippen molar-refractivity contribution in [2.45, 2.75) is 25.6 Å². The van der Waals surface area contributed by atoms with E-state index in [4.69, 9.17) is 15.7 Å². The summed E-state index contributed by atoms with van der Waals surface area (Å²) in [6.07, 6.45) is -3.22. The topological polar surface area (TPSA) is 77.1 Å². The van der Waals surface area contributed by atoms with Gasteiger partial charge in [-0.25, -0.2) is 0 Å². The van der Waals surface area contributed by atoms with Crippen molar-refractivity contribution < 1.29 is 27.9 Å². The molecule has 0 aliphatic rings. The second-order valence-electron chi connectivity index (χ2n) is 3.89. The van der Waals surface area contributed by atoms with Gasteiger partial charge < -0.3 is 20.4 Å². The molecule has 0 saturated carbocycles. The fraction of sp³-hybridized carbons (Fsp3) is 0.417. The van der Waals surface area contributed by atoms with Crippen LogP contribution in [0.25, 0.3) is 0 Å². The number of hydrogen-bond donors (Lipinski definition) is 2. The Bertz CT molecular complexity index is 450. The van der Waals surface area contributed by atoms with Crippen molar-refractivity contribution in [1.82, 2.24) is 0 Å². The van der Waals surface area contributed by atoms with Crippen LogP contribution in [0.2, 0.25) is 0 Å². The number of nitrogens with zero attached hydrogens (tertiary/aromatic N) is 1. The van der Waals surface area contributed by atoms with Crippen molar-refractivity contribution in [3.05, 3.63) is 24.3 Å². The van der Waals surface area contributed by atoms with Crippen molar-refractivity contribution in [3.8, 4) is 11.5 Å². The monoisotopic (exact) mass is 292 g/mol. The average molecular weight is 292 g/mol. The summed E-state index contributed by atoms with van der Waals surface area (Å²) in [7, 11) is 0. The lowest BCUT2D eigenvalue weighted by atomic mass is 10.2. The molecule has 0 bridgehead atoms. The molecule has 112 valence electrons. The zero-order chi connectivity index (χ0) is 15.0. The summed E-state index contributed by atoms with van der Waals surface area (Å²) in [6, 6.07) is 5.55. The minimum Gasteiger partial charge on any atom is -0.490 e. The lowest BCUT2D eigenvalue weighted by molar-refractivity contribution is -0.275. The van der Waals surface area contributed by atoms with E-state index in [1.807, 2.05) is 0 Å². The molecule has 0 aromatic heterocycles. The molecule has 1 aromatic rings. The van der Waals surface area contributed by atoms with Crippen LogP contribution in [0.1, 0.15) is 19.3 Å². The van der Waals surface area contributed by atoms with E-state index in [-0.39, 0.29) is 23.9 Å². The molecule has 1 rings (SSSR count). The Kier molecular flexibility index (Phi) is 5.95. The molecule has 5 nitrogen and oxygen atoms in total. The normalized spacial score (nSPS) is 12.2. The van der Waals surface area contributed by atoms with E-state index < -0.39 is 6.36 Å². The number of halogens is 3. The number of unbranched alkanes of at least 4 members (excludes halogenated alkanes) is 1. The van der Waals surface area contributed by atoms with E-state index >= 15 is 0 Å². The van der Waals surface area contributed by atoms with Crippen LogP contribution < -0.4 is 15.2 Å². The number of amidine groups is 1. The van der Waals surface area contributed by atoms with E-state index in [1.54, 1.807) is 6.07 Å². The first-order valence-electron chi connectivity index (χ1n) is 5.86. The highest BCUT2D eigenvalue weighted by Crippen LogP contribution is 2.31. The van der Waals surface area contributed by atoms with Crippen LogP contribution >= 0.6 is 0 Å². The Morgan fingerprint density at radius 1 is 1.20 bits per heavy atom. The third-order valence-corrected chi connectivity index (χ3v) is 2.29. The molecule has 0 aliphatic carbocycles. The van der Waals surface area contributed by atoms with Gasteiger partial charge in [-0.3, -0.25) is 0 Å². The Hall–Kier alpha value is -2.12. The molecule has 1 aromatic carbocycles. The SMILES string of the molecule is N/C(CCCCOc1ccccc1OC(F)(F)F)=N/O. The highest BCUT2D eigenvalue weighted by atomic mass is 19.4. The van der Waals surface area contributed by atoms with Gasteiger partial charge in [0.1, 0.15) is 5.84 Å². The molecule has 0 amide bonds. The molecular formula is C12H15F3N2O3. The quantitative estimate of drug-likeness (QED) is 0.266. The van der Waals surface area contributed by atoms with Crippen LogP contribution in [0.15, 0.2) is 29.4 Å². The first-order chi connectivity index (χ1) is 9.42. The number of oxime groups is 1. The number of para-hydroxylation sites is 2. The highest BCUT2D eigenvalue weighted by Gasteiger charge is 2.32. The lowest BCUT2D eigenvalue weighted by Crippen LogP contribution is -2.17. The Morgan fingerprint density at radius 3 is 2.45 bits per heavy atom. The predicted octanol–water partition coefficient (Wildman–Crippen LogP) is 2.88. The molecule has 0 aliphatic heterocycles. The second kappa shape index (κ2) is 7.46. The average Bonchev–Trinajstić information content (AvgIpc) is 2.38. The van der Waals surface area contributed by atoms with Crippen molar-refractivity contribution in [3.63, 3.8) is 0 Å². The molecule has 0 spiro atoms. The summed E-state index contributed by atoms with van der Waals surface area (Å²) < 4.78 is 45.6. The highest BCUT2D eigenvalue weighted by molar-refractivity contribution is 5.79. The molecule has 0 fully saturated rings. The molecule has 0 saturated heterocycles. The van der Waals surface area contributed by atoms with E-state index in [1.165, 1.54) is 18.2 Å². The first-order valence-corrected chi connectivity index (χ1v) is 5.86. The number of hydrogen-bond acceptors (Lipinski definition) is 4. The zero-order valence-electron chi connectivity index (χ0n) is 10.6. The van der Waals surface area contributed by atoms with Crippen LogP contribution in [-0.2, 0) is 0 Å². The number of rotatable bonds is 7. The van der Waals surface area contributed by atoms with Crippen LogP contribution in [0.4, 0.5) is 13.2 Å². The van der Waals surface area contributed by atoms with Gasteiger partial charge in [0.15, 0.2) is 11.5 Å². The number of alkyl halides is 3. The maximum atomic E-state index is 12.2. The van der Waals surface area contributed by atoms with Gasteiger partial charge in [0.25, 0.3) is 0 Å². The first kappa shape index (κ1) is 15.9. The summed E-state index contributed by atoms with van der Waals surface area (Å²) in [5.41, 5.74) is 5.27. The Labute approximate surface area is 113 Å². The third kappa shape index (κ3) is 6.17. The molecule has 8 heteroatoms. The van der Waals surface area contributed by atoms with Crippen LogP contribution in [0.3, 0.4) is 0 Å². The summed E-state index contributed by atoms with van der Waals surface area (Å²) in [5, 5.41) is 11.1. The van der Waals surface area contributed by atoms with Crippen molar-refractivity contribution >= 4 is 5.84 Å². The van der Waals surface area contributed by atoms with E-state index in [9.17, 15) is 13.2 Å². The fourth-order valence-corrected chi connectivity index (χ4v) is 1.42.